The molecule has 1 saturated carbocycles. The Balaban J connectivity index is 1.34. The summed E-state index contributed by atoms with van der Waals surface area (Å²) in [6, 6.07) is 12.0. The van der Waals surface area contributed by atoms with Crippen LogP contribution in [0, 0.1) is 17.8 Å². The van der Waals surface area contributed by atoms with E-state index < -0.39 is 0 Å². The van der Waals surface area contributed by atoms with Gasteiger partial charge in [-0.25, -0.2) is 4.98 Å². The van der Waals surface area contributed by atoms with Gasteiger partial charge in [-0.3, -0.25) is 0 Å². The summed E-state index contributed by atoms with van der Waals surface area (Å²) in [5.74, 6) is 8.44. The maximum Gasteiger partial charge on any atom is 0.217 e. The van der Waals surface area contributed by atoms with Crippen molar-refractivity contribution in [3.8, 4) is 23.5 Å². The zero-order valence-corrected chi connectivity index (χ0v) is 16.9. The average molecular weight is 393 g/mol. The monoisotopic (exact) mass is 393 g/mol. The normalized spacial score (nSPS) is 18.6. The molecule has 0 amide bonds. The molecule has 0 radical (unpaired) electrons. The van der Waals surface area contributed by atoms with E-state index in [4.69, 9.17) is 18.9 Å². The minimum atomic E-state index is -0.0344. The lowest BCUT2D eigenvalue weighted by Gasteiger charge is -2.23. The van der Waals surface area contributed by atoms with Crippen LogP contribution in [0.25, 0.3) is 0 Å². The highest BCUT2D eigenvalue weighted by Crippen LogP contribution is 2.27. The first-order valence-electron chi connectivity index (χ1n) is 10.3. The maximum atomic E-state index is 5.93. The zero-order valence-electron chi connectivity index (χ0n) is 16.9. The minimum absolute atomic E-state index is 0.0344. The molecule has 29 heavy (non-hydrogen) atoms. The quantitative estimate of drug-likeness (QED) is 0.670. The smallest absolute Gasteiger partial charge is 0.217 e. The summed E-state index contributed by atoms with van der Waals surface area (Å²) >= 11 is 0. The molecular weight excluding hydrogens is 366 g/mol. The number of nitrogens with zero attached hydrogens (tertiary/aromatic N) is 1. The summed E-state index contributed by atoms with van der Waals surface area (Å²) in [5.41, 5.74) is 3.07. The third-order valence-electron chi connectivity index (χ3n) is 4.85. The predicted molar refractivity (Wildman–Crippen MR) is 110 cm³/mol. The van der Waals surface area contributed by atoms with Crippen molar-refractivity contribution in [1.82, 2.24) is 4.98 Å². The molecule has 5 heteroatoms. The number of ether oxygens (including phenoxy) is 4. The second-order valence-corrected chi connectivity index (χ2v) is 7.39. The number of aromatic nitrogens is 1. The van der Waals surface area contributed by atoms with Gasteiger partial charge in [-0.1, -0.05) is 30.9 Å². The highest BCUT2D eigenvalue weighted by molar-refractivity contribution is 5.37. The van der Waals surface area contributed by atoms with E-state index in [0.29, 0.717) is 44.8 Å². The molecule has 4 rings (SSSR count). The summed E-state index contributed by atoms with van der Waals surface area (Å²) < 4.78 is 22.9. The van der Waals surface area contributed by atoms with Crippen LogP contribution in [0.4, 0.5) is 0 Å². The van der Waals surface area contributed by atoms with Gasteiger partial charge in [-0.15, -0.1) is 0 Å². The van der Waals surface area contributed by atoms with Gasteiger partial charge < -0.3 is 18.9 Å². The van der Waals surface area contributed by atoms with Gasteiger partial charge in [0.2, 0.25) is 5.88 Å². The Morgan fingerprint density at radius 1 is 1.10 bits per heavy atom. The molecular formula is C24H27NO4. The average Bonchev–Trinajstić information content (AvgIpc) is 3.61. The van der Waals surface area contributed by atoms with Crippen LogP contribution in [0.1, 0.15) is 36.6 Å². The molecule has 1 unspecified atom stereocenters. The van der Waals surface area contributed by atoms with Crippen LogP contribution in [0.5, 0.6) is 11.6 Å². The molecule has 1 aliphatic carbocycles. The van der Waals surface area contributed by atoms with E-state index in [1.165, 1.54) is 12.8 Å². The maximum absolute atomic E-state index is 5.93. The topological polar surface area (TPSA) is 49.8 Å². The Kier molecular flexibility index (Phi) is 6.66. The fraction of sp³-hybridized carbons (Fsp3) is 0.458. The largest absolute Gasteiger partial charge is 0.491 e. The fourth-order valence-electron chi connectivity index (χ4n) is 2.95. The van der Waals surface area contributed by atoms with Crippen molar-refractivity contribution >= 4 is 0 Å². The molecule has 2 heterocycles. The molecule has 0 spiro atoms. The van der Waals surface area contributed by atoms with Gasteiger partial charge in [0.15, 0.2) is 0 Å². The van der Waals surface area contributed by atoms with Crippen molar-refractivity contribution in [1.29, 1.82) is 0 Å². The summed E-state index contributed by atoms with van der Waals surface area (Å²) in [7, 11) is 0. The second kappa shape index (κ2) is 9.78. The highest BCUT2D eigenvalue weighted by atomic mass is 16.6. The first kappa shape index (κ1) is 19.8. The van der Waals surface area contributed by atoms with Crippen LogP contribution in [-0.2, 0) is 22.5 Å². The molecule has 152 valence electrons. The number of hydrogen-bond donors (Lipinski definition) is 0. The molecule has 1 aromatic heterocycles. The van der Waals surface area contributed by atoms with E-state index >= 15 is 0 Å². The lowest BCUT2D eigenvalue weighted by atomic mass is 10.1. The van der Waals surface area contributed by atoms with Gasteiger partial charge in [0, 0.05) is 29.3 Å². The standard InChI is InChI=1S/C24H27NO4/c1-2-21-13-22(28-17-23-16-26-11-12-27-23)14-24(25-21)29-15-20-9-7-19(8-10-20)6-5-18-3-4-18/h7-10,13-14,18,23H,2-4,11-12,15-17H2,1H3. The Hall–Kier alpha value is -2.55. The summed E-state index contributed by atoms with van der Waals surface area (Å²) in [6.07, 6.45) is 3.27. The summed E-state index contributed by atoms with van der Waals surface area (Å²) in [5, 5.41) is 0. The first-order chi connectivity index (χ1) is 14.3. The van der Waals surface area contributed by atoms with Gasteiger partial charge in [-0.2, -0.15) is 0 Å². The van der Waals surface area contributed by atoms with E-state index in [9.17, 15) is 0 Å². The number of aryl methyl sites for hydroxylation is 1. The molecule has 1 aliphatic heterocycles. The van der Waals surface area contributed by atoms with Gasteiger partial charge in [0.25, 0.3) is 0 Å². The molecule has 0 bridgehead atoms. The van der Waals surface area contributed by atoms with Gasteiger partial charge in [0.05, 0.1) is 19.8 Å². The van der Waals surface area contributed by atoms with E-state index in [1.54, 1.807) is 0 Å². The Bertz CT molecular complexity index is 859. The van der Waals surface area contributed by atoms with Crippen molar-refractivity contribution in [3.63, 3.8) is 0 Å². The van der Waals surface area contributed by atoms with E-state index in [0.717, 1.165) is 29.0 Å². The van der Waals surface area contributed by atoms with Crippen LogP contribution in [0.2, 0.25) is 0 Å². The number of benzene rings is 1. The van der Waals surface area contributed by atoms with E-state index in [2.05, 4.69) is 35.9 Å². The fourth-order valence-corrected chi connectivity index (χ4v) is 2.95. The van der Waals surface area contributed by atoms with Crippen molar-refractivity contribution in [3.05, 3.63) is 53.2 Å². The number of hydrogen-bond acceptors (Lipinski definition) is 5. The van der Waals surface area contributed by atoms with Crippen molar-refractivity contribution in [2.45, 2.75) is 38.9 Å². The van der Waals surface area contributed by atoms with Crippen molar-refractivity contribution < 1.29 is 18.9 Å². The Labute approximate surface area is 172 Å². The number of pyridine rings is 1. The highest BCUT2D eigenvalue weighted by Gasteiger charge is 2.17. The summed E-state index contributed by atoms with van der Waals surface area (Å²) in [6.45, 7) is 4.80. The SMILES string of the molecule is CCc1cc(OCC2COCCO2)cc(OCc2ccc(C#CC3CC3)cc2)n1. The first-order valence-corrected chi connectivity index (χ1v) is 10.3. The lowest BCUT2D eigenvalue weighted by Crippen LogP contribution is -2.33. The third-order valence-corrected chi connectivity index (χ3v) is 4.85. The third kappa shape index (κ3) is 6.22. The van der Waals surface area contributed by atoms with Crippen LogP contribution in [-0.4, -0.2) is 37.5 Å². The van der Waals surface area contributed by atoms with Gasteiger partial charge in [0.1, 0.15) is 25.1 Å². The molecule has 2 aromatic rings. The van der Waals surface area contributed by atoms with Gasteiger partial charge in [-0.05, 0) is 37.0 Å². The molecule has 1 saturated heterocycles. The predicted octanol–water partition coefficient (Wildman–Crippen LogP) is 3.78. The van der Waals surface area contributed by atoms with Gasteiger partial charge >= 0.3 is 0 Å². The van der Waals surface area contributed by atoms with Crippen molar-refractivity contribution in [2.24, 2.45) is 5.92 Å². The molecule has 2 aliphatic rings. The summed E-state index contributed by atoms with van der Waals surface area (Å²) in [4.78, 5) is 4.55. The molecule has 0 N–H and O–H groups in total. The molecule has 5 nitrogen and oxygen atoms in total. The van der Waals surface area contributed by atoms with E-state index in [1.807, 2.05) is 24.3 Å². The Morgan fingerprint density at radius 3 is 2.69 bits per heavy atom. The minimum Gasteiger partial charge on any atom is -0.491 e. The molecule has 1 aromatic carbocycles. The molecule has 1 atom stereocenters. The van der Waals surface area contributed by atoms with Crippen LogP contribution < -0.4 is 9.47 Å². The zero-order chi connectivity index (χ0) is 19.9. The number of rotatable bonds is 7. The van der Waals surface area contributed by atoms with Crippen molar-refractivity contribution in [2.75, 3.05) is 26.4 Å². The Morgan fingerprint density at radius 2 is 1.97 bits per heavy atom. The van der Waals surface area contributed by atoms with Crippen LogP contribution >= 0.6 is 0 Å². The molecule has 2 fully saturated rings. The van der Waals surface area contributed by atoms with Crippen LogP contribution in [0.15, 0.2) is 36.4 Å². The van der Waals surface area contributed by atoms with E-state index in [-0.39, 0.29) is 6.10 Å². The second-order valence-electron chi connectivity index (χ2n) is 7.39. The lowest BCUT2D eigenvalue weighted by molar-refractivity contribution is -0.101. The van der Waals surface area contributed by atoms with Crippen LogP contribution in [0.3, 0.4) is 0 Å².